The minimum absolute atomic E-state index is 0.798. The minimum Gasteiger partial charge on any atom is -0.369 e. The van der Waals surface area contributed by atoms with Crippen molar-refractivity contribution in [3.05, 3.63) is 23.3 Å². The number of hydrogen-bond acceptors (Lipinski definition) is 5. The summed E-state index contributed by atoms with van der Waals surface area (Å²) < 4.78 is 0. The number of nitrogens with zero attached hydrogens (tertiary/aromatic N) is 3. The standard InChI is InChI=1S/C9H10N4S/c1-2-10-9-4-11-7(3-12-9)8-5-14-6-13-8/h3-6H,2H2,1H3,(H,10,12). The summed E-state index contributed by atoms with van der Waals surface area (Å²) in [5.74, 6) is 0.798. The van der Waals surface area contributed by atoms with Crippen LogP contribution >= 0.6 is 11.3 Å². The van der Waals surface area contributed by atoms with E-state index in [1.165, 1.54) is 0 Å². The second-order valence-corrected chi connectivity index (χ2v) is 3.41. The molecule has 0 fully saturated rings. The van der Waals surface area contributed by atoms with Crippen LogP contribution in [0, 0.1) is 0 Å². The van der Waals surface area contributed by atoms with Crippen molar-refractivity contribution >= 4 is 17.2 Å². The molecule has 1 N–H and O–H groups in total. The van der Waals surface area contributed by atoms with Gasteiger partial charge in [-0.05, 0) is 6.92 Å². The number of nitrogens with one attached hydrogen (secondary N) is 1. The van der Waals surface area contributed by atoms with Crippen molar-refractivity contribution in [2.24, 2.45) is 0 Å². The molecule has 5 heteroatoms. The molecule has 4 nitrogen and oxygen atoms in total. The lowest BCUT2D eigenvalue weighted by Crippen LogP contribution is -1.99. The van der Waals surface area contributed by atoms with E-state index in [0.29, 0.717) is 0 Å². The number of hydrogen-bond donors (Lipinski definition) is 1. The zero-order valence-corrected chi connectivity index (χ0v) is 8.58. The maximum atomic E-state index is 4.26. The van der Waals surface area contributed by atoms with E-state index in [9.17, 15) is 0 Å². The Kier molecular flexibility index (Phi) is 2.69. The van der Waals surface area contributed by atoms with Gasteiger partial charge in [-0.2, -0.15) is 0 Å². The molecule has 0 atom stereocenters. The minimum atomic E-state index is 0.798. The van der Waals surface area contributed by atoms with E-state index in [2.05, 4.69) is 20.3 Å². The highest BCUT2D eigenvalue weighted by molar-refractivity contribution is 7.07. The predicted octanol–water partition coefficient (Wildman–Crippen LogP) is 2.03. The van der Waals surface area contributed by atoms with Crippen molar-refractivity contribution < 1.29 is 0 Å². The van der Waals surface area contributed by atoms with Gasteiger partial charge in [0.05, 0.1) is 17.9 Å². The lowest BCUT2D eigenvalue weighted by Gasteiger charge is -2.01. The summed E-state index contributed by atoms with van der Waals surface area (Å²) >= 11 is 1.55. The lowest BCUT2D eigenvalue weighted by molar-refractivity contribution is 1.12. The average Bonchev–Trinajstić information content (AvgIpc) is 2.72. The Bertz CT molecular complexity index is 382. The molecule has 0 aliphatic carbocycles. The third-order valence-corrected chi connectivity index (χ3v) is 2.29. The largest absolute Gasteiger partial charge is 0.369 e. The fourth-order valence-electron chi connectivity index (χ4n) is 1.07. The van der Waals surface area contributed by atoms with Gasteiger partial charge in [0.25, 0.3) is 0 Å². The maximum absolute atomic E-state index is 4.26. The van der Waals surface area contributed by atoms with Crippen molar-refractivity contribution in [2.75, 3.05) is 11.9 Å². The average molecular weight is 206 g/mol. The molecule has 0 spiro atoms. The SMILES string of the molecule is CCNc1cnc(-c2cscn2)cn1. The van der Waals surface area contributed by atoms with E-state index in [1.807, 2.05) is 12.3 Å². The van der Waals surface area contributed by atoms with E-state index in [0.717, 1.165) is 23.8 Å². The van der Waals surface area contributed by atoms with Gasteiger partial charge >= 0.3 is 0 Å². The predicted molar refractivity (Wildman–Crippen MR) is 57.3 cm³/mol. The van der Waals surface area contributed by atoms with Crippen molar-refractivity contribution in [2.45, 2.75) is 6.92 Å². The van der Waals surface area contributed by atoms with Crippen LogP contribution in [0.4, 0.5) is 5.82 Å². The number of rotatable bonds is 3. The van der Waals surface area contributed by atoms with Gasteiger partial charge in [-0.25, -0.2) is 15.0 Å². The fourth-order valence-corrected chi connectivity index (χ4v) is 1.62. The van der Waals surface area contributed by atoms with Gasteiger partial charge in [-0.3, -0.25) is 0 Å². The van der Waals surface area contributed by atoms with Crippen molar-refractivity contribution in [1.82, 2.24) is 15.0 Å². The molecule has 2 aromatic heterocycles. The molecule has 0 radical (unpaired) electrons. The third-order valence-electron chi connectivity index (χ3n) is 1.70. The second kappa shape index (κ2) is 4.15. The molecule has 72 valence electrons. The zero-order valence-electron chi connectivity index (χ0n) is 7.77. The first-order valence-electron chi connectivity index (χ1n) is 4.34. The summed E-state index contributed by atoms with van der Waals surface area (Å²) in [5.41, 5.74) is 3.48. The van der Waals surface area contributed by atoms with Crippen LogP contribution in [-0.2, 0) is 0 Å². The number of aromatic nitrogens is 3. The molecule has 0 aliphatic rings. The summed E-state index contributed by atoms with van der Waals surface area (Å²) in [6, 6.07) is 0. The van der Waals surface area contributed by atoms with E-state index in [-0.39, 0.29) is 0 Å². The first-order valence-corrected chi connectivity index (χ1v) is 5.29. The second-order valence-electron chi connectivity index (χ2n) is 2.69. The Morgan fingerprint density at radius 2 is 2.14 bits per heavy atom. The molecule has 0 saturated heterocycles. The summed E-state index contributed by atoms with van der Waals surface area (Å²) in [6.45, 7) is 2.88. The number of thiazole rings is 1. The van der Waals surface area contributed by atoms with Gasteiger partial charge in [-0.1, -0.05) is 0 Å². The monoisotopic (exact) mass is 206 g/mol. The molecule has 14 heavy (non-hydrogen) atoms. The fraction of sp³-hybridized carbons (Fsp3) is 0.222. The smallest absolute Gasteiger partial charge is 0.144 e. The number of anilines is 1. The van der Waals surface area contributed by atoms with Crippen LogP contribution in [0.5, 0.6) is 0 Å². The van der Waals surface area contributed by atoms with Gasteiger partial charge in [0.2, 0.25) is 0 Å². The van der Waals surface area contributed by atoms with Crippen LogP contribution in [0.25, 0.3) is 11.4 Å². The Morgan fingerprint density at radius 3 is 2.71 bits per heavy atom. The summed E-state index contributed by atoms with van der Waals surface area (Å²) in [6.07, 6.45) is 3.45. The van der Waals surface area contributed by atoms with Gasteiger partial charge < -0.3 is 5.32 Å². The highest BCUT2D eigenvalue weighted by Crippen LogP contribution is 2.15. The van der Waals surface area contributed by atoms with Gasteiger partial charge in [0.15, 0.2) is 0 Å². The van der Waals surface area contributed by atoms with Crippen LogP contribution in [0.1, 0.15) is 6.92 Å². The van der Waals surface area contributed by atoms with E-state index >= 15 is 0 Å². The molecule has 0 aliphatic heterocycles. The molecule has 0 bridgehead atoms. The highest BCUT2D eigenvalue weighted by Gasteiger charge is 2.01. The quantitative estimate of drug-likeness (QED) is 0.834. The lowest BCUT2D eigenvalue weighted by atomic mass is 10.3. The molecule has 2 rings (SSSR count). The molecule has 2 aromatic rings. The Hall–Kier alpha value is -1.49. The van der Waals surface area contributed by atoms with Crippen molar-refractivity contribution in [1.29, 1.82) is 0 Å². The Labute approximate surface area is 86.1 Å². The highest BCUT2D eigenvalue weighted by atomic mass is 32.1. The molecule has 0 unspecified atom stereocenters. The Balaban J connectivity index is 2.22. The van der Waals surface area contributed by atoms with Crippen LogP contribution in [0.2, 0.25) is 0 Å². The summed E-state index contributed by atoms with van der Waals surface area (Å²) in [5, 5.41) is 5.04. The van der Waals surface area contributed by atoms with Gasteiger partial charge in [-0.15, -0.1) is 11.3 Å². The van der Waals surface area contributed by atoms with Crippen molar-refractivity contribution in [3.8, 4) is 11.4 Å². The summed E-state index contributed by atoms with van der Waals surface area (Å²) in [4.78, 5) is 12.6. The zero-order chi connectivity index (χ0) is 9.80. The molecule has 0 aromatic carbocycles. The van der Waals surface area contributed by atoms with Gasteiger partial charge in [0, 0.05) is 11.9 Å². The summed E-state index contributed by atoms with van der Waals surface area (Å²) in [7, 11) is 0. The van der Waals surface area contributed by atoms with Crippen molar-refractivity contribution in [3.63, 3.8) is 0 Å². The molecule has 2 heterocycles. The molecule has 0 saturated carbocycles. The topological polar surface area (TPSA) is 50.7 Å². The van der Waals surface area contributed by atoms with E-state index < -0.39 is 0 Å². The van der Waals surface area contributed by atoms with Crippen LogP contribution in [-0.4, -0.2) is 21.5 Å². The third kappa shape index (κ3) is 1.88. The van der Waals surface area contributed by atoms with Crippen LogP contribution in [0.3, 0.4) is 0 Å². The molecular formula is C9H10N4S. The van der Waals surface area contributed by atoms with Crippen LogP contribution in [0.15, 0.2) is 23.3 Å². The van der Waals surface area contributed by atoms with Gasteiger partial charge in [0.1, 0.15) is 17.2 Å². The van der Waals surface area contributed by atoms with E-state index in [1.54, 1.807) is 29.2 Å². The first-order chi connectivity index (χ1) is 6.90. The first kappa shape index (κ1) is 9.08. The molecular weight excluding hydrogens is 196 g/mol. The molecule has 0 amide bonds. The van der Waals surface area contributed by atoms with Crippen LogP contribution < -0.4 is 5.32 Å². The normalized spacial score (nSPS) is 10.1. The van der Waals surface area contributed by atoms with E-state index in [4.69, 9.17) is 0 Å². The maximum Gasteiger partial charge on any atom is 0.144 e. The Morgan fingerprint density at radius 1 is 1.21 bits per heavy atom.